The average molecular weight is 520 g/mol. The van der Waals surface area contributed by atoms with Crippen molar-refractivity contribution in [2.24, 2.45) is 0 Å². The van der Waals surface area contributed by atoms with Crippen LogP contribution in [0.1, 0.15) is 30.5 Å². The number of rotatable bonds is 9. The van der Waals surface area contributed by atoms with Gasteiger partial charge in [0.25, 0.3) is 11.7 Å². The Morgan fingerprint density at radius 2 is 1.89 bits per heavy atom. The second kappa shape index (κ2) is 10.9. The summed E-state index contributed by atoms with van der Waals surface area (Å²) in [6.45, 7) is 4.04. The summed E-state index contributed by atoms with van der Waals surface area (Å²) in [7, 11) is 1.53. The molecule has 2 aromatic carbocycles. The molecule has 0 bridgehead atoms. The molecule has 0 saturated carbocycles. The van der Waals surface area contributed by atoms with Crippen LogP contribution in [-0.2, 0) is 16.1 Å². The molecular weight excluding hydrogens is 490 g/mol. The van der Waals surface area contributed by atoms with Gasteiger partial charge >= 0.3 is 0 Å². The Morgan fingerprint density at radius 1 is 1.08 bits per heavy atom. The van der Waals surface area contributed by atoms with E-state index < -0.39 is 17.7 Å². The van der Waals surface area contributed by atoms with E-state index in [2.05, 4.69) is 4.98 Å². The normalized spacial score (nSPS) is 18.1. The van der Waals surface area contributed by atoms with Crippen LogP contribution in [0.15, 0.2) is 60.7 Å². The van der Waals surface area contributed by atoms with Crippen molar-refractivity contribution in [1.82, 2.24) is 14.5 Å². The summed E-state index contributed by atoms with van der Waals surface area (Å²) in [6.07, 6.45) is 5.81. The monoisotopic (exact) mass is 519 g/mol. The van der Waals surface area contributed by atoms with E-state index in [4.69, 9.17) is 18.9 Å². The topological polar surface area (TPSA) is 112 Å². The number of ketones is 1. The highest BCUT2D eigenvalue weighted by Gasteiger charge is 2.46. The number of ether oxygens (including phenoxy) is 4. The van der Waals surface area contributed by atoms with Crippen molar-refractivity contribution in [3.8, 4) is 23.0 Å². The van der Waals surface area contributed by atoms with Crippen LogP contribution in [0.25, 0.3) is 5.76 Å². The fourth-order valence-electron chi connectivity index (χ4n) is 4.77. The largest absolute Gasteiger partial charge is 0.507 e. The number of aliphatic hydroxyl groups excluding tert-OH is 1. The molecule has 0 aliphatic carbocycles. The zero-order valence-corrected chi connectivity index (χ0v) is 21.3. The molecule has 10 nitrogen and oxygen atoms in total. The number of Topliss-reactive ketones (excluding diaryl/α,β-unsaturated/α-hetero) is 1. The first-order valence-electron chi connectivity index (χ1n) is 12.5. The molecule has 1 amide bonds. The van der Waals surface area contributed by atoms with Crippen LogP contribution >= 0.6 is 0 Å². The summed E-state index contributed by atoms with van der Waals surface area (Å²) >= 11 is 0. The first kappa shape index (κ1) is 25.2. The van der Waals surface area contributed by atoms with E-state index >= 15 is 0 Å². The van der Waals surface area contributed by atoms with Crippen molar-refractivity contribution in [3.63, 3.8) is 0 Å². The van der Waals surface area contributed by atoms with E-state index in [9.17, 15) is 14.7 Å². The Balaban J connectivity index is 1.56. The molecule has 38 heavy (non-hydrogen) atoms. The third kappa shape index (κ3) is 4.77. The second-order valence-corrected chi connectivity index (χ2v) is 8.85. The van der Waals surface area contributed by atoms with Crippen molar-refractivity contribution >= 4 is 17.4 Å². The molecule has 1 saturated heterocycles. The number of hydrogen-bond acceptors (Lipinski definition) is 8. The Labute approximate surface area is 220 Å². The number of nitrogens with zero attached hydrogens (tertiary/aromatic N) is 3. The number of aryl methyl sites for hydroxylation is 1. The number of fused-ring (bicyclic) bond motifs is 1. The van der Waals surface area contributed by atoms with Crippen molar-refractivity contribution in [1.29, 1.82) is 0 Å². The lowest BCUT2D eigenvalue weighted by molar-refractivity contribution is -0.139. The summed E-state index contributed by atoms with van der Waals surface area (Å²) in [6, 6.07) is 9.38. The zero-order valence-electron chi connectivity index (χ0n) is 21.3. The maximum absolute atomic E-state index is 13.4. The van der Waals surface area contributed by atoms with Crippen molar-refractivity contribution in [2.45, 2.75) is 25.9 Å². The first-order valence-corrected chi connectivity index (χ1v) is 12.5. The van der Waals surface area contributed by atoms with Gasteiger partial charge in [0.2, 0.25) is 0 Å². The molecule has 1 atom stereocenters. The number of benzene rings is 2. The third-order valence-corrected chi connectivity index (χ3v) is 6.53. The number of aromatic nitrogens is 2. The van der Waals surface area contributed by atoms with Gasteiger partial charge in [-0.3, -0.25) is 9.59 Å². The Kier molecular flexibility index (Phi) is 7.21. The number of imidazole rings is 1. The highest BCUT2D eigenvalue weighted by atomic mass is 16.6. The van der Waals surface area contributed by atoms with Gasteiger partial charge in [0.05, 0.1) is 31.7 Å². The molecule has 3 heterocycles. The minimum atomic E-state index is -0.824. The predicted octanol–water partition coefficient (Wildman–Crippen LogP) is 3.57. The highest BCUT2D eigenvalue weighted by Crippen LogP contribution is 2.43. The predicted molar refractivity (Wildman–Crippen MR) is 137 cm³/mol. The number of likely N-dealkylation sites (tertiary alicyclic amines) is 1. The van der Waals surface area contributed by atoms with Crippen molar-refractivity contribution < 1.29 is 33.6 Å². The lowest BCUT2D eigenvalue weighted by Gasteiger charge is -2.26. The van der Waals surface area contributed by atoms with Gasteiger partial charge in [0.15, 0.2) is 23.0 Å². The van der Waals surface area contributed by atoms with Crippen molar-refractivity contribution in [3.05, 3.63) is 71.8 Å². The van der Waals surface area contributed by atoms with Crippen LogP contribution in [0.3, 0.4) is 0 Å². The maximum Gasteiger partial charge on any atom is 0.295 e. The number of aliphatic hydroxyl groups is 1. The number of methoxy groups -OCH3 is 1. The van der Waals surface area contributed by atoms with Crippen LogP contribution in [0, 0.1) is 0 Å². The molecule has 2 aliphatic heterocycles. The first-order chi connectivity index (χ1) is 18.5. The molecule has 1 fully saturated rings. The van der Waals surface area contributed by atoms with Gasteiger partial charge in [-0.2, -0.15) is 0 Å². The van der Waals surface area contributed by atoms with Crippen LogP contribution < -0.4 is 18.9 Å². The smallest absolute Gasteiger partial charge is 0.295 e. The zero-order chi connectivity index (χ0) is 26.6. The van der Waals surface area contributed by atoms with Gasteiger partial charge in [-0.1, -0.05) is 6.07 Å². The van der Waals surface area contributed by atoms with E-state index in [0.29, 0.717) is 73.5 Å². The van der Waals surface area contributed by atoms with E-state index in [1.165, 1.54) is 12.0 Å². The van der Waals surface area contributed by atoms with Crippen LogP contribution in [0.4, 0.5) is 0 Å². The van der Waals surface area contributed by atoms with Crippen molar-refractivity contribution in [2.75, 3.05) is 33.5 Å². The highest BCUT2D eigenvalue weighted by molar-refractivity contribution is 6.46. The molecule has 1 aromatic heterocycles. The van der Waals surface area contributed by atoms with Gasteiger partial charge in [-0.05, 0) is 49.2 Å². The molecule has 2 aliphatic rings. The number of hydrogen-bond donors (Lipinski definition) is 1. The Hall–Kier alpha value is -4.47. The fourth-order valence-corrected chi connectivity index (χ4v) is 4.77. The summed E-state index contributed by atoms with van der Waals surface area (Å²) in [5, 5.41) is 11.4. The Bertz CT molecular complexity index is 1370. The summed E-state index contributed by atoms with van der Waals surface area (Å²) < 4.78 is 24.3. The van der Waals surface area contributed by atoms with Gasteiger partial charge in [-0.25, -0.2) is 4.98 Å². The van der Waals surface area contributed by atoms with Gasteiger partial charge in [-0.15, -0.1) is 0 Å². The standard InChI is InChI=1S/C28H29N3O7/c1-3-36-20-7-5-18(15-22(20)35-2)25-24(26(32)19-6-8-21-23(16-19)38-14-13-37-21)27(33)28(34)31(25)11-4-10-30-12-9-29-17-30/h5-9,12,15-17,25,32H,3-4,10-11,13-14H2,1-2H3/t25-/m0/s1. The maximum atomic E-state index is 13.4. The van der Waals surface area contributed by atoms with Crippen LogP contribution in [0.5, 0.6) is 23.0 Å². The number of carbonyl (C=O) groups is 2. The van der Waals surface area contributed by atoms with E-state index in [-0.39, 0.29) is 11.3 Å². The molecule has 3 aromatic rings. The third-order valence-electron chi connectivity index (χ3n) is 6.53. The summed E-state index contributed by atoms with van der Waals surface area (Å²) in [5.74, 6) is 0.325. The summed E-state index contributed by atoms with van der Waals surface area (Å²) in [4.78, 5) is 32.2. The van der Waals surface area contributed by atoms with Gasteiger partial charge in [0.1, 0.15) is 19.0 Å². The SMILES string of the molecule is CCOc1ccc([C@H]2C(=C(O)c3ccc4c(c3)OCCO4)C(=O)C(=O)N2CCCn2ccnc2)cc1OC. The number of amides is 1. The Morgan fingerprint density at radius 3 is 2.63 bits per heavy atom. The van der Waals surface area contributed by atoms with E-state index in [0.717, 1.165) is 0 Å². The molecule has 0 radical (unpaired) electrons. The second-order valence-electron chi connectivity index (χ2n) is 8.85. The lowest BCUT2D eigenvalue weighted by atomic mass is 9.94. The molecule has 198 valence electrons. The lowest BCUT2D eigenvalue weighted by Crippen LogP contribution is -2.31. The minimum Gasteiger partial charge on any atom is -0.507 e. The number of carbonyl (C=O) groups excluding carboxylic acids is 2. The van der Waals surface area contributed by atoms with E-state index in [1.807, 2.05) is 17.7 Å². The molecule has 0 spiro atoms. The van der Waals surface area contributed by atoms with Crippen LogP contribution in [-0.4, -0.2) is 64.7 Å². The molecular formula is C28H29N3O7. The molecule has 1 N–H and O–H groups in total. The summed E-state index contributed by atoms with van der Waals surface area (Å²) in [5.41, 5.74) is 0.973. The minimum absolute atomic E-state index is 0.000483. The average Bonchev–Trinajstić information content (AvgIpc) is 3.55. The van der Waals surface area contributed by atoms with Gasteiger partial charge in [0, 0.05) is 31.0 Å². The van der Waals surface area contributed by atoms with Crippen LogP contribution in [0.2, 0.25) is 0 Å². The molecule has 10 heteroatoms. The van der Waals surface area contributed by atoms with E-state index in [1.54, 1.807) is 48.9 Å². The fraction of sp³-hybridized carbons (Fsp3) is 0.321. The quantitative estimate of drug-likeness (QED) is 0.259. The van der Waals surface area contributed by atoms with Gasteiger partial charge < -0.3 is 33.5 Å². The molecule has 5 rings (SSSR count). The molecule has 0 unspecified atom stereocenters.